The highest BCUT2D eigenvalue weighted by Crippen LogP contribution is 2.38. The number of aromatic nitrogens is 2. The molecule has 0 bridgehead atoms. The van der Waals surface area contributed by atoms with E-state index in [0.29, 0.717) is 11.7 Å². The van der Waals surface area contributed by atoms with Gasteiger partial charge in [0.15, 0.2) is 0 Å². The van der Waals surface area contributed by atoms with Crippen molar-refractivity contribution in [2.24, 2.45) is 0 Å². The van der Waals surface area contributed by atoms with Gasteiger partial charge in [0.1, 0.15) is 17.5 Å². The van der Waals surface area contributed by atoms with E-state index in [1.54, 1.807) is 0 Å². The molecule has 5 heteroatoms. The van der Waals surface area contributed by atoms with Crippen LogP contribution in [0.4, 0.5) is 11.6 Å². The van der Waals surface area contributed by atoms with Crippen LogP contribution in [0.2, 0.25) is 0 Å². The van der Waals surface area contributed by atoms with Crippen molar-refractivity contribution in [3.05, 3.63) is 11.9 Å². The summed E-state index contributed by atoms with van der Waals surface area (Å²) >= 11 is 0. The Morgan fingerprint density at radius 1 is 1.28 bits per heavy atom. The molecule has 1 aromatic rings. The predicted molar refractivity (Wildman–Crippen MR) is 72.6 cm³/mol. The minimum atomic E-state index is 0.549. The second-order valence-electron chi connectivity index (χ2n) is 5.29. The molecule has 2 heterocycles. The molecule has 5 nitrogen and oxygen atoms in total. The van der Waals surface area contributed by atoms with Gasteiger partial charge in [0.25, 0.3) is 0 Å². The molecule has 1 saturated carbocycles. The Hall–Kier alpha value is -1.36. The first kappa shape index (κ1) is 11.7. The number of rotatable bonds is 5. The van der Waals surface area contributed by atoms with Gasteiger partial charge in [0.2, 0.25) is 0 Å². The molecule has 1 aliphatic heterocycles. The van der Waals surface area contributed by atoms with Crippen molar-refractivity contribution in [2.75, 3.05) is 37.2 Å². The maximum atomic E-state index is 5.82. The van der Waals surface area contributed by atoms with Crippen LogP contribution in [0.5, 0.6) is 0 Å². The first-order chi connectivity index (χ1) is 8.81. The lowest BCUT2D eigenvalue weighted by Crippen LogP contribution is -2.26. The van der Waals surface area contributed by atoms with Crippen LogP contribution in [0.15, 0.2) is 6.07 Å². The molecule has 0 radical (unpaired) electrons. The summed E-state index contributed by atoms with van der Waals surface area (Å²) < 4.78 is 0. The highest BCUT2D eigenvalue weighted by atomic mass is 15.2. The maximum absolute atomic E-state index is 5.82. The number of nitrogen functional groups attached to an aromatic ring is 1. The Bertz CT molecular complexity index is 410. The highest BCUT2D eigenvalue weighted by Gasteiger charge is 2.27. The molecule has 18 heavy (non-hydrogen) atoms. The van der Waals surface area contributed by atoms with Gasteiger partial charge >= 0.3 is 0 Å². The van der Waals surface area contributed by atoms with Crippen LogP contribution in [0.1, 0.15) is 37.4 Å². The monoisotopic (exact) mass is 247 g/mol. The molecule has 1 aromatic heterocycles. The van der Waals surface area contributed by atoms with Crippen LogP contribution in [0, 0.1) is 0 Å². The summed E-state index contributed by atoms with van der Waals surface area (Å²) in [7, 11) is 0. The van der Waals surface area contributed by atoms with Crippen LogP contribution in [0.25, 0.3) is 0 Å². The molecule has 0 atom stereocenters. The van der Waals surface area contributed by atoms with Crippen molar-refractivity contribution in [2.45, 2.75) is 31.6 Å². The Morgan fingerprint density at radius 2 is 2.06 bits per heavy atom. The van der Waals surface area contributed by atoms with Crippen LogP contribution >= 0.6 is 0 Å². The molecule has 98 valence electrons. The fourth-order valence-electron chi connectivity index (χ4n) is 2.45. The number of nitrogens with one attached hydrogen (secondary N) is 1. The van der Waals surface area contributed by atoms with E-state index >= 15 is 0 Å². The van der Waals surface area contributed by atoms with Crippen LogP contribution in [0.3, 0.4) is 0 Å². The Kier molecular flexibility index (Phi) is 3.32. The lowest BCUT2D eigenvalue weighted by molar-refractivity contribution is 0.352. The molecule has 1 aliphatic carbocycles. The quantitative estimate of drug-likeness (QED) is 0.824. The summed E-state index contributed by atoms with van der Waals surface area (Å²) in [5, 5.41) is 3.36. The number of nitrogens with zero attached hydrogens (tertiary/aromatic N) is 3. The van der Waals surface area contributed by atoms with Gasteiger partial charge in [-0.15, -0.1) is 0 Å². The number of nitrogens with two attached hydrogens (primary N) is 1. The fraction of sp³-hybridized carbons (Fsp3) is 0.692. The average molecular weight is 247 g/mol. The lowest BCUT2D eigenvalue weighted by atomic mass is 10.3. The third-order valence-corrected chi connectivity index (χ3v) is 3.64. The van der Waals surface area contributed by atoms with E-state index in [-0.39, 0.29) is 0 Å². The van der Waals surface area contributed by atoms with E-state index in [1.165, 1.54) is 38.8 Å². The SMILES string of the molecule is Nc1cc(NCCN2CCCC2)nc(C2CC2)n1. The molecule has 0 amide bonds. The zero-order valence-corrected chi connectivity index (χ0v) is 10.7. The zero-order chi connectivity index (χ0) is 12.4. The molecule has 0 aromatic carbocycles. The number of anilines is 2. The van der Waals surface area contributed by atoms with Gasteiger partial charge in [-0.2, -0.15) is 0 Å². The van der Waals surface area contributed by atoms with Gasteiger partial charge in [-0.05, 0) is 38.8 Å². The third-order valence-electron chi connectivity index (χ3n) is 3.64. The van der Waals surface area contributed by atoms with E-state index in [2.05, 4.69) is 20.2 Å². The molecule has 2 fully saturated rings. The summed E-state index contributed by atoms with van der Waals surface area (Å²) in [5.74, 6) is 2.92. The van der Waals surface area contributed by atoms with Crippen LogP contribution in [-0.2, 0) is 0 Å². The molecule has 3 N–H and O–H groups in total. The standard InChI is InChI=1S/C13H21N5/c14-11-9-12(17-13(16-11)10-3-4-10)15-5-8-18-6-1-2-7-18/h9-10H,1-8H2,(H3,14,15,16,17). The van der Waals surface area contributed by atoms with Crippen molar-refractivity contribution < 1.29 is 0 Å². The van der Waals surface area contributed by atoms with Crippen molar-refractivity contribution in [3.8, 4) is 0 Å². The molecule has 0 spiro atoms. The summed E-state index contributed by atoms with van der Waals surface area (Å²) in [6.07, 6.45) is 5.09. The number of hydrogen-bond donors (Lipinski definition) is 2. The van der Waals surface area contributed by atoms with Gasteiger partial charge < -0.3 is 16.0 Å². The summed E-state index contributed by atoms with van der Waals surface area (Å²) in [6, 6.07) is 1.83. The van der Waals surface area contributed by atoms with Crippen molar-refractivity contribution in [1.29, 1.82) is 0 Å². The van der Waals surface area contributed by atoms with E-state index in [9.17, 15) is 0 Å². The predicted octanol–water partition coefficient (Wildman–Crippen LogP) is 1.44. The van der Waals surface area contributed by atoms with Gasteiger partial charge in [0, 0.05) is 25.1 Å². The summed E-state index contributed by atoms with van der Waals surface area (Å²) in [4.78, 5) is 11.3. The summed E-state index contributed by atoms with van der Waals surface area (Å²) in [5.41, 5.74) is 5.82. The summed E-state index contributed by atoms with van der Waals surface area (Å²) in [6.45, 7) is 4.49. The van der Waals surface area contributed by atoms with E-state index in [4.69, 9.17) is 5.73 Å². The Balaban J connectivity index is 1.54. The van der Waals surface area contributed by atoms with Gasteiger partial charge in [-0.3, -0.25) is 0 Å². The molecule has 3 rings (SSSR count). The van der Waals surface area contributed by atoms with Crippen LogP contribution in [-0.4, -0.2) is 41.0 Å². The maximum Gasteiger partial charge on any atom is 0.136 e. The lowest BCUT2D eigenvalue weighted by Gasteiger charge is -2.15. The Morgan fingerprint density at radius 3 is 2.78 bits per heavy atom. The number of likely N-dealkylation sites (tertiary alicyclic amines) is 1. The van der Waals surface area contributed by atoms with E-state index in [1.807, 2.05) is 6.07 Å². The number of hydrogen-bond acceptors (Lipinski definition) is 5. The Labute approximate surface area is 108 Å². The zero-order valence-electron chi connectivity index (χ0n) is 10.7. The normalized spacial score (nSPS) is 20.2. The average Bonchev–Trinajstić information content (AvgIpc) is 3.08. The van der Waals surface area contributed by atoms with Crippen molar-refractivity contribution in [3.63, 3.8) is 0 Å². The topological polar surface area (TPSA) is 67.1 Å². The molecule has 1 saturated heterocycles. The van der Waals surface area contributed by atoms with E-state index in [0.717, 1.165) is 24.7 Å². The van der Waals surface area contributed by atoms with Gasteiger partial charge in [0.05, 0.1) is 0 Å². The molecule has 2 aliphatic rings. The first-order valence-corrected chi connectivity index (χ1v) is 6.92. The first-order valence-electron chi connectivity index (χ1n) is 6.92. The fourth-order valence-corrected chi connectivity index (χ4v) is 2.45. The smallest absolute Gasteiger partial charge is 0.136 e. The molecular weight excluding hydrogens is 226 g/mol. The largest absolute Gasteiger partial charge is 0.384 e. The van der Waals surface area contributed by atoms with Crippen LogP contribution < -0.4 is 11.1 Å². The molecular formula is C13H21N5. The van der Waals surface area contributed by atoms with Gasteiger partial charge in [-0.1, -0.05) is 0 Å². The minimum absolute atomic E-state index is 0.549. The van der Waals surface area contributed by atoms with Gasteiger partial charge in [-0.25, -0.2) is 9.97 Å². The highest BCUT2D eigenvalue weighted by molar-refractivity contribution is 5.45. The third kappa shape index (κ3) is 2.90. The van der Waals surface area contributed by atoms with E-state index < -0.39 is 0 Å². The second kappa shape index (κ2) is 5.10. The van der Waals surface area contributed by atoms with Crippen molar-refractivity contribution in [1.82, 2.24) is 14.9 Å². The minimum Gasteiger partial charge on any atom is -0.384 e. The molecule has 0 unspecified atom stereocenters. The second-order valence-corrected chi connectivity index (χ2v) is 5.29. The van der Waals surface area contributed by atoms with Crippen molar-refractivity contribution >= 4 is 11.6 Å².